The molecular formula is C28H24FN3O. The zero-order valence-electron chi connectivity index (χ0n) is 18.6. The number of carbonyl (C=O) groups excluding carboxylic acids is 1. The first-order valence-corrected chi connectivity index (χ1v) is 11.0. The van der Waals surface area contributed by atoms with Crippen molar-refractivity contribution in [2.75, 3.05) is 6.54 Å². The number of hydrogen-bond donors (Lipinski definition) is 2. The summed E-state index contributed by atoms with van der Waals surface area (Å²) in [5.74, 6) is -0.380. The lowest BCUT2D eigenvalue weighted by molar-refractivity contribution is 0.0954. The van der Waals surface area contributed by atoms with Gasteiger partial charge in [-0.3, -0.25) is 9.78 Å². The highest BCUT2D eigenvalue weighted by molar-refractivity contribution is 5.95. The fraction of sp³-hybridized carbons (Fsp3) is 0.143. The standard InChI is InChI=1S/C28H24FN3O/c1-17-7-12-24(29)27-26(17)23(18(2)32-27)13-14-30-28(33)20-10-8-19(9-11-20)22-15-21-5-3-4-6-25(21)31-16-22/h3-12,15-16,32H,13-14H2,1-2H3,(H,30,33). The fourth-order valence-corrected chi connectivity index (χ4v) is 4.40. The third-order valence-electron chi connectivity index (χ3n) is 6.16. The number of aromatic amines is 1. The molecule has 0 bridgehead atoms. The monoisotopic (exact) mass is 437 g/mol. The summed E-state index contributed by atoms with van der Waals surface area (Å²) in [7, 11) is 0. The first kappa shape index (κ1) is 20.9. The van der Waals surface area contributed by atoms with Crippen LogP contribution in [0.4, 0.5) is 4.39 Å². The molecule has 0 saturated heterocycles. The van der Waals surface area contributed by atoms with Crippen LogP contribution in [0.25, 0.3) is 32.9 Å². The molecule has 0 aliphatic heterocycles. The number of aryl methyl sites for hydroxylation is 2. The van der Waals surface area contributed by atoms with Crippen molar-refractivity contribution in [3.8, 4) is 11.1 Å². The van der Waals surface area contributed by atoms with Crippen LogP contribution in [0, 0.1) is 19.7 Å². The minimum Gasteiger partial charge on any atom is -0.356 e. The molecular weight excluding hydrogens is 413 g/mol. The van der Waals surface area contributed by atoms with E-state index in [1.54, 1.807) is 6.07 Å². The van der Waals surface area contributed by atoms with Crippen molar-refractivity contribution >= 4 is 27.7 Å². The van der Waals surface area contributed by atoms with E-state index in [9.17, 15) is 9.18 Å². The average Bonchev–Trinajstić information content (AvgIpc) is 3.18. The number of nitrogens with zero attached hydrogens (tertiary/aromatic N) is 1. The van der Waals surface area contributed by atoms with Gasteiger partial charge in [-0.15, -0.1) is 0 Å². The number of aromatic nitrogens is 2. The van der Waals surface area contributed by atoms with Crippen molar-refractivity contribution in [2.24, 2.45) is 0 Å². The van der Waals surface area contributed by atoms with Crippen LogP contribution in [0.15, 0.2) is 72.9 Å². The second-order valence-corrected chi connectivity index (χ2v) is 8.34. The molecule has 164 valence electrons. The SMILES string of the molecule is Cc1[nH]c2c(F)ccc(C)c2c1CCNC(=O)c1ccc(-c2cnc3ccccc3c2)cc1. The highest BCUT2D eigenvalue weighted by Gasteiger charge is 2.14. The van der Waals surface area contributed by atoms with E-state index < -0.39 is 0 Å². The summed E-state index contributed by atoms with van der Waals surface area (Å²) in [6.07, 6.45) is 2.48. The maximum Gasteiger partial charge on any atom is 0.251 e. The molecule has 2 N–H and O–H groups in total. The fourth-order valence-electron chi connectivity index (χ4n) is 4.40. The molecule has 5 heteroatoms. The molecule has 0 aliphatic rings. The number of amides is 1. The van der Waals surface area contributed by atoms with Crippen LogP contribution in [0.3, 0.4) is 0 Å². The molecule has 3 aromatic carbocycles. The number of pyridine rings is 1. The summed E-state index contributed by atoms with van der Waals surface area (Å²) in [4.78, 5) is 20.3. The quantitative estimate of drug-likeness (QED) is 0.348. The Balaban J connectivity index is 1.27. The Labute approximate surface area is 191 Å². The maximum absolute atomic E-state index is 14.2. The Morgan fingerprint density at radius 1 is 1.00 bits per heavy atom. The molecule has 1 amide bonds. The molecule has 0 fully saturated rings. The highest BCUT2D eigenvalue weighted by Crippen LogP contribution is 2.28. The Hall–Kier alpha value is -3.99. The van der Waals surface area contributed by atoms with E-state index in [-0.39, 0.29) is 11.7 Å². The summed E-state index contributed by atoms with van der Waals surface area (Å²) in [6.45, 7) is 4.39. The van der Waals surface area contributed by atoms with Gasteiger partial charge >= 0.3 is 0 Å². The molecule has 5 aromatic rings. The number of carbonyl (C=O) groups is 1. The van der Waals surface area contributed by atoms with E-state index >= 15 is 0 Å². The summed E-state index contributed by atoms with van der Waals surface area (Å²) in [5, 5.41) is 4.98. The van der Waals surface area contributed by atoms with Gasteiger partial charge < -0.3 is 10.3 Å². The zero-order valence-corrected chi connectivity index (χ0v) is 18.6. The number of para-hydroxylation sites is 1. The molecule has 0 unspecified atom stereocenters. The molecule has 0 atom stereocenters. The lowest BCUT2D eigenvalue weighted by atomic mass is 10.0. The first-order chi connectivity index (χ1) is 16.0. The van der Waals surface area contributed by atoms with Gasteiger partial charge in [0.2, 0.25) is 0 Å². The second-order valence-electron chi connectivity index (χ2n) is 8.34. The van der Waals surface area contributed by atoms with E-state index in [1.807, 2.05) is 68.6 Å². The lowest BCUT2D eigenvalue weighted by Crippen LogP contribution is -2.25. The summed E-state index contributed by atoms with van der Waals surface area (Å²) >= 11 is 0. The van der Waals surface area contributed by atoms with Crippen LogP contribution in [-0.4, -0.2) is 22.4 Å². The van der Waals surface area contributed by atoms with E-state index in [0.717, 1.165) is 44.2 Å². The van der Waals surface area contributed by atoms with Gasteiger partial charge in [0, 0.05) is 40.3 Å². The van der Waals surface area contributed by atoms with Gasteiger partial charge in [0.25, 0.3) is 5.91 Å². The van der Waals surface area contributed by atoms with Gasteiger partial charge in [-0.2, -0.15) is 0 Å². The van der Waals surface area contributed by atoms with Crippen molar-refractivity contribution in [1.29, 1.82) is 0 Å². The van der Waals surface area contributed by atoms with Gasteiger partial charge in [-0.25, -0.2) is 4.39 Å². The molecule has 2 aromatic heterocycles. The lowest BCUT2D eigenvalue weighted by Gasteiger charge is -2.08. The number of rotatable bonds is 5. The minimum atomic E-state index is -0.254. The van der Waals surface area contributed by atoms with Gasteiger partial charge in [0.15, 0.2) is 0 Å². The van der Waals surface area contributed by atoms with Crippen molar-refractivity contribution < 1.29 is 9.18 Å². The van der Waals surface area contributed by atoms with Crippen LogP contribution in [0.5, 0.6) is 0 Å². The van der Waals surface area contributed by atoms with Crippen molar-refractivity contribution in [1.82, 2.24) is 15.3 Å². The maximum atomic E-state index is 14.2. The van der Waals surface area contributed by atoms with Gasteiger partial charge in [0.05, 0.1) is 11.0 Å². The topological polar surface area (TPSA) is 57.8 Å². The van der Waals surface area contributed by atoms with Gasteiger partial charge in [0.1, 0.15) is 5.82 Å². The van der Waals surface area contributed by atoms with E-state index in [1.165, 1.54) is 6.07 Å². The molecule has 0 aliphatic carbocycles. The summed E-state index contributed by atoms with van der Waals surface area (Å²) < 4.78 is 14.2. The highest BCUT2D eigenvalue weighted by atomic mass is 19.1. The van der Waals surface area contributed by atoms with Gasteiger partial charge in [-0.05, 0) is 67.3 Å². The van der Waals surface area contributed by atoms with Gasteiger partial charge in [-0.1, -0.05) is 36.4 Å². The smallest absolute Gasteiger partial charge is 0.251 e. The second kappa shape index (κ2) is 8.51. The number of halogens is 1. The minimum absolute atomic E-state index is 0.126. The zero-order chi connectivity index (χ0) is 22.9. The predicted octanol–water partition coefficient (Wildman–Crippen LogP) is 6.11. The Bertz CT molecular complexity index is 1490. The Kier molecular flexibility index (Phi) is 5.38. The number of nitrogens with one attached hydrogen (secondary N) is 2. The van der Waals surface area contributed by atoms with Crippen LogP contribution >= 0.6 is 0 Å². The largest absolute Gasteiger partial charge is 0.356 e. The molecule has 4 nitrogen and oxygen atoms in total. The van der Waals surface area contributed by atoms with Crippen LogP contribution < -0.4 is 5.32 Å². The van der Waals surface area contributed by atoms with Crippen molar-refractivity contribution in [3.05, 3.63) is 101 Å². The number of H-pyrrole nitrogens is 1. The molecule has 2 heterocycles. The van der Waals surface area contributed by atoms with Crippen LogP contribution in [0.1, 0.15) is 27.2 Å². The molecule has 0 radical (unpaired) electrons. The summed E-state index contributed by atoms with van der Waals surface area (Å²) in [5.41, 5.74) is 7.12. The third kappa shape index (κ3) is 3.98. The van der Waals surface area contributed by atoms with Crippen molar-refractivity contribution in [2.45, 2.75) is 20.3 Å². The van der Waals surface area contributed by atoms with E-state index in [4.69, 9.17) is 0 Å². The molecule has 0 spiro atoms. The Morgan fingerprint density at radius 3 is 2.61 bits per heavy atom. The molecule has 33 heavy (non-hydrogen) atoms. The van der Waals surface area contributed by atoms with Crippen LogP contribution in [-0.2, 0) is 6.42 Å². The summed E-state index contributed by atoms with van der Waals surface area (Å²) in [6, 6.07) is 20.9. The first-order valence-electron chi connectivity index (χ1n) is 11.0. The number of hydrogen-bond acceptors (Lipinski definition) is 2. The number of fused-ring (bicyclic) bond motifs is 2. The average molecular weight is 438 g/mol. The number of benzene rings is 3. The third-order valence-corrected chi connectivity index (χ3v) is 6.16. The van der Waals surface area contributed by atoms with Crippen molar-refractivity contribution in [3.63, 3.8) is 0 Å². The molecule has 0 saturated carbocycles. The Morgan fingerprint density at radius 2 is 1.79 bits per heavy atom. The van der Waals surface area contributed by atoms with E-state index in [0.29, 0.717) is 24.0 Å². The van der Waals surface area contributed by atoms with Crippen LogP contribution in [0.2, 0.25) is 0 Å². The normalized spacial score (nSPS) is 11.2. The van der Waals surface area contributed by atoms with E-state index in [2.05, 4.69) is 21.4 Å². The molecule has 5 rings (SSSR count). The predicted molar refractivity (Wildman–Crippen MR) is 131 cm³/mol.